The van der Waals surface area contributed by atoms with Gasteiger partial charge in [0.1, 0.15) is 5.82 Å². The normalized spacial score (nSPS) is 18.4. The predicted octanol–water partition coefficient (Wildman–Crippen LogP) is 1.99. The van der Waals surface area contributed by atoms with Gasteiger partial charge in [-0.25, -0.2) is 4.39 Å². The number of carbonyl (C=O) groups excluding carboxylic acids is 2. The number of nitrogens with zero attached hydrogens (tertiary/aromatic N) is 1. The van der Waals surface area contributed by atoms with Gasteiger partial charge >= 0.3 is 5.97 Å². The minimum absolute atomic E-state index is 0.0879. The van der Waals surface area contributed by atoms with Crippen LogP contribution in [0.1, 0.15) is 16.8 Å². The summed E-state index contributed by atoms with van der Waals surface area (Å²) in [5.74, 6) is -1.17. The van der Waals surface area contributed by atoms with Crippen molar-refractivity contribution in [2.24, 2.45) is 0 Å². The van der Waals surface area contributed by atoms with Crippen LogP contribution in [-0.2, 0) is 14.3 Å². The number of carbonyl (C=O) groups is 2. The smallest absolute Gasteiger partial charge is 0.308 e. The van der Waals surface area contributed by atoms with Crippen molar-refractivity contribution in [1.29, 1.82) is 0 Å². The van der Waals surface area contributed by atoms with Crippen molar-refractivity contribution in [3.8, 4) is 0 Å². The highest BCUT2D eigenvalue weighted by Crippen LogP contribution is 2.23. The van der Waals surface area contributed by atoms with Gasteiger partial charge in [0, 0.05) is 13.1 Å². The van der Waals surface area contributed by atoms with Gasteiger partial charge in [0.25, 0.3) is 5.91 Å². The largest absolute Gasteiger partial charge is 0.469 e. The molecule has 0 N–H and O–H groups in total. The number of hydrogen-bond acceptors (Lipinski definition) is 4. The molecule has 114 valence electrons. The molecule has 0 aromatic heterocycles. The Labute approximate surface area is 130 Å². The highest BCUT2D eigenvalue weighted by atomic mass is 79.9. The van der Waals surface area contributed by atoms with Crippen molar-refractivity contribution in [1.82, 2.24) is 4.90 Å². The lowest BCUT2D eigenvalue weighted by atomic mass is 10.1. The van der Waals surface area contributed by atoms with E-state index in [2.05, 4.69) is 20.7 Å². The number of esters is 1. The molecule has 1 unspecified atom stereocenters. The van der Waals surface area contributed by atoms with Crippen molar-refractivity contribution in [2.75, 3.05) is 26.8 Å². The van der Waals surface area contributed by atoms with E-state index in [1.54, 1.807) is 11.0 Å². The molecule has 0 saturated carbocycles. The van der Waals surface area contributed by atoms with Crippen LogP contribution in [-0.4, -0.2) is 49.7 Å². The zero-order valence-corrected chi connectivity index (χ0v) is 13.1. The summed E-state index contributed by atoms with van der Waals surface area (Å²) in [6.45, 7) is 1.01. The molecular weight excluding hydrogens is 345 g/mol. The Bertz CT molecular complexity index is 552. The van der Waals surface area contributed by atoms with Crippen LogP contribution < -0.4 is 0 Å². The van der Waals surface area contributed by atoms with Gasteiger partial charge < -0.3 is 14.4 Å². The van der Waals surface area contributed by atoms with Crippen molar-refractivity contribution >= 4 is 27.8 Å². The zero-order valence-electron chi connectivity index (χ0n) is 11.5. The summed E-state index contributed by atoms with van der Waals surface area (Å²) in [5, 5.41) is 0. The van der Waals surface area contributed by atoms with E-state index in [-0.39, 0.29) is 34.9 Å². The molecule has 0 spiro atoms. The average Bonchev–Trinajstić information content (AvgIpc) is 2.49. The second-order valence-corrected chi connectivity index (χ2v) is 5.42. The number of methoxy groups -OCH3 is 1. The summed E-state index contributed by atoms with van der Waals surface area (Å²) in [4.78, 5) is 25.2. The number of amides is 1. The quantitative estimate of drug-likeness (QED) is 0.774. The molecule has 1 amide bonds. The molecule has 1 fully saturated rings. The Kier molecular flexibility index (Phi) is 5.30. The van der Waals surface area contributed by atoms with Gasteiger partial charge in [0.2, 0.25) is 0 Å². The highest BCUT2D eigenvalue weighted by molar-refractivity contribution is 9.10. The lowest BCUT2D eigenvalue weighted by Crippen LogP contribution is -2.46. The standard InChI is InChI=1S/C14H15BrFNO4/c1-20-12(18)7-9-8-17(5-6-21-9)14(19)10-3-2-4-11(16)13(10)15/h2-4,9H,5-8H2,1H3. The first kappa shape index (κ1) is 15.9. The van der Waals surface area contributed by atoms with Crippen LogP contribution in [0.25, 0.3) is 0 Å². The van der Waals surface area contributed by atoms with Crippen LogP contribution in [0.5, 0.6) is 0 Å². The fraction of sp³-hybridized carbons (Fsp3) is 0.429. The number of rotatable bonds is 3. The second kappa shape index (κ2) is 7.00. The van der Waals surface area contributed by atoms with E-state index in [9.17, 15) is 14.0 Å². The maximum absolute atomic E-state index is 13.5. The van der Waals surface area contributed by atoms with Gasteiger partial charge in [-0.2, -0.15) is 0 Å². The van der Waals surface area contributed by atoms with E-state index in [1.807, 2.05) is 0 Å². The van der Waals surface area contributed by atoms with Crippen molar-refractivity contribution in [2.45, 2.75) is 12.5 Å². The van der Waals surface area contributed by atoms with Gasteiger partial charge in [-0.3, -0.25) is 9.59 Å². The summed E-state index contributed by atoms with van der Waals surface area (Å²) in [5.41, 5.74) is 0.258. The molecule has 1 atom stereocenters. The van der Waals surface area contributed by atoms with E-state index in [0.29, 0.717) is 13.2 Å². The van der Waals surface area contributed by atoms with E-state index < -0.39 is 11.9 Å². The van der Waals surface area contributed by atoms with Crippen LogP contribution in [0.3, 0.4) is 0 Å². The third-order valence-electron chi connectivity index (χ3n) is 3.23. The number of benzene rings is 1. The minimum atomic E-state index is -0.486. The molecular formula is C14H15BrFNO4. The Morgan fingerprint density at radius 2 is 2.29 bits per heavy atom. The number of hydrogen-bond donors (Lipinski definition) is 0. The third kappa shape index (κ3) is 3.79. The van der Waals surface area contributed by atoms with Gasteiger partial charge in [0.05, 0.1) is 36.3 Å². The van der Waals surface area contributed by atoms with E-state index in [1.165, 1.54) is 19.2 Å². The first-order valence-electron chi connectivity index (χ1n) is 6.44. The zero-order chi connectivity index (χ0) is 15.4. The SMILES string of the molecule is COC(=O)CC1CN(C(=O)c2cccc(F)c2Br)CCO1. The molecule has 7 heteroatoms. The van der Waals surface area contributed by atoms with Crippen LogP contribution >= 0.6 is 15.9 Å². The monoisotopic (exact) mass is 359 g/mol. The Balaban J connectivity index is 2.08. The minimum Gasteiger partial charge on any atom is -0.469 e. The number of morpholine rings is 1. The van der Waals surface area contributed by atoms with E-state index in [0.717, 1.165) is 0 Å². The molecule has 0 aliphatic carbocycles. The molecule has 5 nitrogen and oxygen atoms in total. The molecule has 1 aliphatic rings. The molecule has 1 aliphatic heterocycles. The molecule has 0 radical (unpaired) electrons. The van der Waals surface area contributed by atoms with Crippen molar-refractivity contribution in [3.63, 3.8) is 0 Å². The Hall–Kier alpha value is -1.47. The molecule has 1 aromatic rings. The fourth-order valence-corrected chi connectivity index (χ4v) is 2.57. The number of ether oxygens (including phenoxy) is 2. The number of halogens is 2. The van der Waals surface area contributed by atoms with Crippen molar-refractivity contribution in [3.05, 3.63) is 34.1 Å². The van der Waals surface area contributed by atoms with Crippen LogP contribution in [0.15, 0.2) is 22.7 Å². The summed E-state index contributed by atoms with van der Waals surface area (Å²) >= 11 is 3.09. The first-order chi connectivity index (χ1) is 10.0. The second-order valence-electron chi connectivity index (χ2n) is 4.63. The van der Waals surface area contributed by atoms with Crippen LogP contribution in [0.4, 0.5) is 4.39 Å². The van der Waals surface area contributed by atoms with E-state index >= 15 is 0 Å². The predicted molar refractivity (Wildman–Crippen MR) is 76.4 cm³/mol. The summed E-state index contributed by atoms with van der Waals surface area (Å²) in [6.07, 6.45) is -0.313. The lowest BCUT2D eigenvalue weighted by molar-refractivity contribution is -0.145. The summed E-state index contributed by atoms with van der Waals surface area (Å²) in [6, 6.07) is 4.32. The van der Waals surface area contributed by atoms with Gasteiger partial charge in [-0.1, -0.05) is 6.07 Å². The summed E-state index contributed by atoms with van der Waals surface area (Å²) in [7, 11) is 1.30. The van der Waals surface area contributed by atoms with E-state index in [4.69, 9.17) is 4.74 Å². The highest BCUT2D eigenvalue weighted by Gasteiger charge is 2.28. The fourth-order valence-electron chi connectivity index (χ4n) is 2.14. The van der Waals surface area contributed by atoms with Crippen LogP contribution in [0, 0.1) is 5.82 Å². The molecule has 21 heavy (non-hydrogen) atoms. The van der Waals surface area contributed by atoms with Crippen LogP contribution in [0.2, 0.25) is 0 Å². The summed E-state index contributed by atoms with van der Waals surface area (Å²) < 4.78 is 23.7. The third-order valence-corrected chi connectivity index (χ3v) is 4.04. The van der Waals surface area contributed by atoms with Crippen molar-refractivity contribution < 1.29 is 23.5 Å². The molecule has 0 bridgehead atoms. The molecule has 1 heterocycles. The topological polar surface area (TPSA) is 55.8 Å². The lowest BCUT2D eigenvalue weighted by Gasteiger charge is -2.32. The maximum Gasteiger partial charge on any atom is 0.308 e. The molecule has 1 saturated heterocycles. The maximum atomic E-state index is 13.5. The molecule has 2 rings (SSSR count). The first-order valence-corrected chi connectivity index (χ1v) is 7.24. The Morgan fingerprint density at radius 3 is 3.00 bits per heavy atom. The van der Waals surface area contributed by atoms with Gasteiger partial charge in [0.15, 0.2) is 0 Å². The average molecular weight is 360 g/mol. The molecule has 1 aromatic carbocycles. The van der Waals surface area contributed by atoms with Gasteiger partial charge in [-0.15, -0.1) is 0 Å². The Morgan fingerprint density at radius 1 is 1.52 bits per heavy atom. The van der Waals surface area contributed by atoms with Gasteiger partial charge in [-0.05, 0) is 28.1 Å².